The molecule has 0 bridgehead atoms. The fourth-order valence-corrected chi connectivity index (χ4v) is 3.91. The Morgan fingerprint density at radius 2 is 2.00 bits per heavy atom. The second-order valence-electron chi connectivity index (χ2n) is 7.15. The van der Waals surface area contributed by atoms with Crippen LogP contribution in [0.2, 0.25) is 0 Å². The highest BCUT2D eigenvalue weighted by Gasteiger charge is 2.27. The first-order chi connectivity index (χ1) is 12.6. The lowest BCUT2D eigenvalue weighted by atomic mass is 10.1. The number of hydrogen-bond acceptors (Lipinski definition) is 4. The van der Waals surface area contributed by atoms with Crippen LogP contribution in [-0.4, -0.2) is 52.6 Å². The summed E-state index contributed by atoms with van der Waals surface area (Å²) >= 11 is 0. The number of halogens is 1. The van der Waals surface area contributed by atoms with Crippen molar-refractivity contribution in [1.29, 1.82) is 0 Å². The molecule has 0 aliphatic carbocycles. The van der Waals surface area contributed by atoms with Crippen molar-refractivity contribution in [3.8, 4) is 0 Å². The molecule has 1 aromatic heterocycles. The van der Waals surface area contributed by atoms with Crippen LogP contribution in [0, 0.1) is 5.82 Å². The van der Waals surface area contributed by atoms with Crippen LogP contribution in [0.3, 0.4) is 0 Å². The average Bonchev–Trinajstić information content (AvgIpc) is 2.85. The third-order valence-corrected chi connectivity index (χ3v) is 5.34. The monoisotopic (exact) mass is 360 g/mol. The highest BCUT2D eigenvalue weighted by Crippen LogP contribution is 2.26. The summed E-state index contributed by atoms with van der Waals surface area (Å²) in [6.45, 7) is 8.64. The SMILES string of the molecule is CCC[C@H](c1nc2c(F)cccc2c(=O)n1CC)N1CCCN(C)CC1. The van der Waals surface area contributed by atoms with Gasteiger partial charge in [-0.25, -0.2) is 9.37 Å². The Morgan fingerprint density at radius 3 is 2.73 bits per heavy atom. The predicted molar refractivity (Wildman–Crippen MR) is 103 cm³/mol. The molecule has 0 N–H and O–H groups in total. The van der Waals surface area contributed by atoms with Crippen LogP contribution in [0.4, 0.5) is 4.39 Å². The van der Waals surface area contributed by atoms with Gasteiger partial charge in [0.2, 0.25) is 0 Å². The largest absolute Gasteiger partial charge is 0.305 e. The van der Waals surface area contributed by atoms with Crippen LogP contribution >= 0.6 is 0 Å². The number of para-hydroxylation sites is 1. The molecule has 1 aliphatic heterocycles. The smallest absolute Gasteiger partial charge is 0.261 e. The van der Waals surface area contributed by atoms with Gasteiger partial charge in [0.05, 0.1) is 11.4 Å². The second-order valence-corrected chi connectivity index (χ2v) is 7.15. The number of aromatic nitrogens is 2. The van der Waals surface area contributed by atoms with Crippen LogP contribution in [0.1, 0.15) is 45.0 Å². The number of fused-ring (bicyclic) bond motifs is 1. The molecular formula is C20H29FN4O. The Bertz CT molecular complexity index is 819. The van der Waals surface area contributed by atoms with Gasteiger partial charge in [0, 0.05) is 26.2 Å². The van der Waals surface area contributed by atoms with Crippen molar-refractivity contribution in [3.63, 3.8) is 0 Å². The first-order valence-corrected chi connectivity index (χ1v) is 9.68. The van der Waals surface area contributed by atoms with Gasteiger partial charge in [0.1, 0.15) is 17.2 Å². The molecule has 0 saturated carbocycles. The van der Waals surface area contributed by atoms with Gasteiger partial charge in [-0.15, -0.1) is 0 Å². The van der Waals surface area contributed by atoms with Crippen molar-refractivity contribution >= 4 is 10.9 Å². The number of benzene rings is 1. The Balaban J connectivity index is 2.12. The highest BCUT2D eigenvalue weighted by atomic mass is 19.1. The van der Waals surface area contributed by atoms with Crippen LogP contribution in [0.5, 0.6) is 0 Å². The molecule has 5 nitrogen and oxygen atoms in total. The van der Waals surface area contributed by atoms with E-state index in [-0.39, 0.29) is 17.1 Å². The first kappa shape index (κ1) is 19.0. The Kier molecular flexibility index (Phi) is 6.04. The predicted octanol–water partition coefficient (Wildman–Crippen LogP) is 3.03. The van der Waals surface area contributed by atoms with Crippen LogP contribution < -0.4 is 5.56 Å². The standard InChI is InChI=1S/C20H29FN4O/c1-4-8-17(24-12-7-11-23(3)13-14-24)19-22-18-15(9-6-10-16(18)21)20(26)25(19)5-2/h6,9-10,17H,4-5,7-8,11-14H2,1-3H3/t17-/m1/s1. The van der Waals surface area contributed by atoms with Gasteiger partial charge in [-0.1, -0.05) is 19.4 Å². The topological polar surface area (TPSA) is 41.4 Å². The average molecular weight is 360 g/mol. The summed E-state index contributed by atoms with van der Waals surface area (Å²) in [4.78, 5) is 22.4. The molecule has 26 heavy (non-hydrogen) atoms. The summed E-state index contributed by atoms with van der Waals surface area (Å²) in [5.74, 6) is 0.288. The Labute approximate surface area is 154 Å². The third-order valence-electron chi connectivity index (χ3n) is 5.34. The lowest BCUT2D eigenvalue weighted by Gasteiger charge is -2.31. The fraction of sp³-hybridized carbons (Fsp3) is 0.600. The Hall–Kier alpha value is -1.79. The maximum atomic E-state index is 14.4. The summed E-state index contributed by atoms with van der Waals surface area (Å²) in [7, 11) is 2.14. The number of rotatable bonds is 5. The molecule has 0 radical (unpaired) electrons. The van der Waals surface area contributed by atoms with Crippen molar-refractivity contribution < 1.29 is 4.39 Å². The molecule has 0 unspecified atom stereocenters. The molecule has 142 valence electrons. The molecule has 1 atom stereocenters. The van der Waals surface area contributed by atoms with Crippen molar-refractivity contribution in [2.45, 2.75) is 45.7 Å². The molecule has 1 aliphatic rings. The molecule has 1 aromatic carbocycles. The van der Waals surface area contributed by atoms with Gasteiger partial charge < -0.3 is 4.90 Å². The van der Waals surface area contributed by atoms with Crippen LogP contribution in [-0.2, 0) is 6.54 Å². The molecule has 2 aromatic rings. The fourth-order valence-electron chi connectivity index (χ4n) is 3.91. The van der Waals surface area contributed by atoms with Gasteiger partial charge in [0.25, 0.3) is 5.56 Å². The number of hydrogen-bond donors (Lipinski definition) is 0. The van der Waals surface area contributed by atoms with Gasteiger partial charge in [-0.05, 0) is 45.5 Å². The van der Waals surface area contributed by atoms with Crippen molar-refractivity contribution in [3.05, 3.63) is 40.2 Å². The molecule has 6 heteroatoms. The van der Waals surface area contributed by atoms with Gasteiger partial charge in [0.15, 0.2) is 0 Å². The molecule has 0 spiro atoms. The van der Waals surface area contributed by atoms with E-state index in [1.807, 2.05) is 6.92 Å². The zero-order valence-electron chi connectivity index (χ0n) is 16.0. The van der Waals surface area contributed by atoms with Crippen LogP contribution in [0.25, 0.3) is 10.9 Å². The number of likely N-dealkylation sites (N-methyl/N-ethyl adjacent to an activating group) is 1. The lowest BCUT2D eigenvalue weighted by molar-refractivity contribution is 0.180. The Morgan fingerprint density at radius 1 is 1.19 bits per heavy atom. The summed E-state index contributed by atoms with van der Waals surface area (Å²) in [6, 6.07) is 4.67. The van der Waals surface area contributed by atoms with E-state index in [2.05, 4.69) is 28.8 Å². The molecule has 1 saturated heterocycles. The highest BCUT2D eigenvalue weighted by molar-refractivity contribution is 5.78. The molecular weight excluding hydrogens is 331 g/mol. The molecule has 0 amide bonds. The van der Waals surface area contributed by atoms with Crippen molar-refractivity contribution in [2.75, 3.05) is 33.2 Å². The maximum Gasteiger partial charge on any atom is 0.261 e. The van der Waals surface area contributed by atoms with E-state index in [4.69, 9.17) is 0 Å². The van der Waals surface area contributed by atoms with E-state index in [0.29, 0.717) is 17.8 Å². The maximum absolute atomic E-state index is 14.4. The molecule has 2 heterocycles. The van der Waals surface area contributed by atoms with Gasteiger partial charge in [-0.2, -0.15) is 0 Å². The van der Waals surface area contributed by atoms with E-state index in [1.54, 1.807) is 16.7 Å². The van der Waals surface area contributed by atoms with E-state index >= 15 is 0 Å². The van der Waals surface area contributed by atoms with E-state index in [0.717, 1.165) is 45.4 Å². The zero-order chi connectivity index (χ0) is 18.7. The normalized spacial score (nSPS) is 18.2. The number of nitrogens with zero attached hydrogens (tertiary/aromatic N) is 4. The molecule has 1 fully saturated rings. The van der Waals surface area contributed by atoms with E-state index < -0.39 is 5.82 Å². The van der Waals surface area contributed by atoms with Gasteiger partial charge >= 0.3 is 0 Å². The minimum atomic E-state index is -0.421. The summed E-state index contributed by atoms with van der Waals surface area (Å²) in [6.07, 6.45) is 3.00. The summed E-state index contributed by atoms with van der Waals surface area (Å²) in [5, 5.41) is 0.362. The van der Waals surface area contributed by atoms with Gasteiger partial charge in [-0.3, -0.25) is 14.3 Å². The second kappa shape index (κ2) is 8.27. The molecule has 3 rings (SSSR count). The van der Waals surface area contributed by atoms with Crippen LogP contribution in [0.15, 0.2) is 23.0 Å². The van der Waals surface area contributed by atoms with Crippen molar-refractivity contribution in [2.24, 2.45) is 0 Å². The third kappa shape index (κ3) is 3.67. The summed E-state index contributed by atoms with van der Waals surface area (Å²) in [5.41, 5.74) is 0.0605. The quantitative estimate of drug-likeness (QED) is 0.822. The minimum absolute atomic E-state index is 0.0446. The minimum Gasteiger partial charge on any atom is -0.305 e. The van der Waals surface area contributed by atoms with E-state index in [1.165, 1.54) is 6.07 Å². The van der Waals surface area contributed by atoms with E-state index in [9.17, 15) is 9.18 Å². The zero-order valence-corrected chi connectivity index (χ0v) is 16.0. The first-order valence-electron chi connectivity index (χ1n) is 9.68. The lowest BCUT2D eigenvalue weighted by Crippen LogP contribution is -2.37. The summed E-state index contributed by atoms with van der Waals surface area (Å²) < 4.78 is 16.1. The van der Waals surface area contributed by atoms with Crippen molar-refractivity contribution in [1.82, 2.24) is 19.4 Å².